The lowest BCUT2D eigenvalue weighted by Gasteiger charge is -2.07. The Morgan fingerprint density at radius 2 is 1.56 bits per heavy atom. The van der Waals surface area contributed by atoms with E-state index < -0.39 is 4.92 Å². The van der Waals surface area contributed by atoms with Crippen LogP contribution in [0.3, 0.4) is 0 Å². The van der Waals surface area contributed by atoms with E-state index in [4.69, 9.17) is 16.6 Å². The molecule has 6 nitrogen and oxygen atoms in total. The molecule has 0 fully saturated rings. The number of hydrogen-bond acceptors (Lipinski definition) is 5. The fourth-order valence-corrected chi connectivity index (χ4v) is 2.91. The molecule has 3 aromatic carbocycles. The van der Waals surface area contributed by atoms with Crippen molar-refractivity contribution in [3.8, 4) is 0 Å². The summed E-state index contributed by atoms with van der Waals surface area (Å²) in [4.78, 5) is 15.2. The highest BCUT2D eigenvalue weighted by atomic mass is 35.5. The molecule has 0 saturated heterocycles. The number of para-hydroxylation sites is 1. The highest BCUT2D eigenvalue weighted by Gasteiger charge is 2.17. The Morgan fingerprint density at radius 3 is 2.26 bits per heavy atom. The van der Waals surface area contributed by atoms with Gasteiger partial charge in [0.2, 0.25) is 0 Å². The van der Waals surface area contributed by atoms with Gasteiger partial charge in [-0.3, -0.25) is 15.5 Å². The van der Waals surface area contributed by atoms with Crippen molar-refractivity contribution in [2.75, 3.05) is 0 Å². The second-order valence-electron chi connectivity index (χ2n) is 5.86. The predicted molar refractivity (Wildman–Crippen MR) is 106 cm³/mol. The number of amidine groups is 1. The predicted octanol–water partition coefficient (Wildman–Crippen LogP) is 4.68. The number of non-ortho nitro benzene ring substituents is 1. The largest absolute Gasteiger partial charge is 0.269 e. The average molecular weight is 377 g/mol. The summed E-state index contributed by atoms with van der Waals surface area (Å²) in [5.41, 5.74) is 6.90. The molecule has 0 spiro atoms. The minimum absolute atomic E-state index is 0.0346. The van der Waals surface area contributed by atoms with Crippen molar-refractivity contribution in [3.63, 3.8) is 0 Å². The Bertz CT molecular complexity index is 1070. The summed E-state index contributed by atoms with van der Waals surface area (Å²) in [5.74, 6) is 0.594. The molecule has 0 unspecified atom stereocenters. The molecule has 7 heteroatoms. The summed E-state index contributed by atoms with van der Waals surface area (Å²) in [7, 11) is 0. The van der Waals surface area contributed by atoms with Crippen LogP contribution in [0, 0.1) is 10.1 Å². The lowest BCUT2D eigenvalue weighted by atomic mass is 10.0. The highest BCUT2D eigenvalue weighted by molar-refractivity contribution is 6.30. The zero-order valence-electron chi connectivity index (χ0n) is 14.0. The van der Waals surface area contributed by atoms with Crippen molar-refractivity contribution < 1.29 is 4.92 Å². The van der Waals surface area contributed by atoms with Crippen molar-refractivity contribution in [2.24, 2.45) is 10.1 Å². The van der Waals surface area contributed by atoms with E-state index in [1.165, 1.54) is 12.1 Å². The Hall–Kier alpha value is -3.51. The SMILES string of the molecule is O=[N+]([O-])c1ccc(C2=NNC(c3ccc(Cl)cc3)=Nc3ccccc32)cc1. The van der Waals surface area contributed by atoms with Gasteiger partial charge in [-0.05, 0) is 42.5 Å². The highest BCUT2D eigenvalue weighted by Crippen LogP contribution is 2.26. The molecule has 1 heterocycles. The van der Waals surface area contributed by atoms with Crippen LogP contribution in [-0.2, 0) is 0 Å². The first kappa shape index (κ1) is 16.9. The molecule has 0 atom stereocenters. The lowest BCUT2D eigenvalue weighted by Crippen LogP contribution is -2.19. The molecule has 0 radical (unpaired) electrons. The van der Waals surface area contributed by atoms with Crippen LogP contribution in [0.1, 0.15) is 16.7 Å². The van der Waals surface area contributed by atoms with Gasteiger partial charge >= 0.3 is 0 Å². The van der Waals surface area contributed by atoms with Gasteiger partial charge in [0, 0.05) is 33.8 Å². The quantitative estimate of drug-likeness (QED) is 0.532. The Labute approximate surface area is 160 Å². The monoisotopic (exact) mass is 376 g/mol. The van der Waals surface area contributed by atoms with Gasteiger partial charge in [0.15, 0.2) is 5.84 Å². The summed E-state index contributed by atoms with van der Waals surface area (Å²) in [6.45, 7) is 0. The standard InChI is InChI=1S/C20H13ClN4O2/c21-15-9-5-14(6-10-15)20-22-18-4-2-1-3-17(18)19(23-24-20)13-7-11-16(12-8-13)25(26)27/h1-12H,(H,22,24). The number of hydrazone groups is 1. The van der Waals surface area contributed by atoms with Gasteiger partial charge in [0.25, 0.3) is 5.69 Å². The first-order chi connectivity index (χ1) is 13.1. The third-order valence-electron chi connectivity index (χ3n) is 4.13. The Balaban J connectivity index is 1.79. The molecule has 0 bridgehead atoms. The van der Waals surface area contributed by atoms with Gasteiger partial charge in [0.1, 0.15) is 0 Å². The number of nitrogens with one attached hydrogen (secondary N) is 1. The zero-order valence-corrected chi connectivity index (χ0v) is 14.7. The fraction of sp³-hybridized carbons (Fsp3) is 0. The number of halogens is 1. The van der Waals surface area contributed by atoms with E-state index in [1.807, 2.05) is 36.4 Å². The van der Waals surface area contributed by atoms with Crippen LogP contribution in [0.5, 0.6) is 0 Å². The maximum absolute atomic E-state index is 10.9. The van der Waals surface area contributed by atoms with Crippen LogP contribution < -0.4 is 5.43 Å². The van der Waals surface area contributed by atoms with Gasteiger partial charge in [0.05, 0.1) is 16.3 Å². The number of hydrogen-bond donors (Lipinski definition) is 1. The average Bonchev–Trinajstić information content (AvgIpc) is 2.88. The minimum Gasteiger partial charge on any atom is -0.260 e. The smallest absolute Gasteiger partial charge is 0.260 e. The van der Waals surface area contributed by atoms with E-state index in [1.54, 1.807) is 24.3 Å². The van der Waals surface area contributed by atoms with Crippen molar-refractivity contribution in [1.82, 2.24) is 5.43 Å². The number of nitro benzene ring substituents is 1. The number of benzene rings is 3. The number of nitro groups is 1. The number of nitrogens with zero attached hydrogens (tertiary/aromatic N) is 3. The third-order valence-corrected chi connectivity index (χ3v) is 4.39. The van der Waals surface area contributed by atoms with Crippen LogP contribution in [0.2, 0.25) is 5.02 Å². The molecule has 0 saturated carbocycles. The summed E-state index contributed by atoms with van der Waals surface area (Å²) < 4.78 is 0. The van der Waals surface area contributed by atoms with Gasteiger partial charge in [-0.2, -0.15) is 5.10 Å². The van der Waals surface area contributed by atoms with E-state index in [0.717, 1.165) is 22.4 Å². The minimum atomic E-state index is -0.424. The van der Waals surface area contributed by atoms with E-state index in [9.17, 15) is 10.1 Å². The summed E-state index contributed by atoms with van der Waals surface area (Å²) in [5, 5.41) is 16.1. The van der Waals surface area contributed by atoms with Gasteiger partial charge in [-0.15, -0.1) is 0 Å². The van der Waals surface area contributed by atoms with E-state index in [2.05, 4.69) is 10.5 Å². The molecule has 4 rings (SSSR count). The second-order valence-corrected chi connectivity index (χ2v) is 6.30. The molecular formula is C20H13ClN4O2. The molecule has 27 heavy (non-hydrogen) atoms. The van der Waals surface area contributed by atoms with Crippen molar-refractivity contribution in [2.45, 2.75) is 0 Å². The van der Waals surface area contributed by atoms with Crippen LogP contribution in [0.25, 0.3) is 0 Å². The van der Waals surface area contributed by atoms with Crippen LogP contribution in [0.15, 0.2) is 82.9 Å². The molecule has 0 aliphatic carbocycles. The van der Waals surface area contributed by atoms with E-state index in [0.29, 0.717) is 16.6 Å². The van der Waals surface area contributed by atoms with Crippen LogP contribution in [-0.4, -0.2) is 16.5 Å². The van der Waals surface area contributed by atoms with E-state index >= 15 is 0 Å². The normalized spacial score (nSPS) is 12.9. The molecule has 132 valence electrons. The van der Waals surface area contributed by atoms with E-state index in [-0.39, 0.29) is 5.69 Å². The Morgan fingerprint density at radius 1 is 0.889 bits per heavy atom. The number of rotatable bonds is 3. The third kappa shape index (κ3) is 3.43. The molecule has 0 aromatic heterocycles. The summed E-state index contributed by atoms with van der Waals surface area (Å²) in [6, 6.07) is 21.2. The zero-order chi connectivity index (χ0) is 18.8. The maximum atomic E-state index is 10.9. The molecule has 1 N–H and O–H groups in total. The van der Waals surface area contributed by atoms with Gasteiger partial charge < -0.3 is 0 Å². The van der Waals surface area contributed by atoms with Crippen LogP contribution >= 0.6 is 11.6 Å². The van der Waals surface area contributed by atoms with Gasteiger partial charge in [-0.25, -0.2) is 4.99 Å². The second kappa shape index (κ2) is 7.01. The molecule has 1 aliphatic rings. The summed E-state index contributed by atoms with van der Waals surface area (Å²) in [6.07, 6.45) is 0. The van der Waals surface area contributed by atoms with Crippen molar-refractivity contribution in [1.29, 1.82) is 0 Å². The van der Waals surface area contributed by atoms with Gasteiger partial charge in [-0.1, -0.05) is 29.8 Å². The Kier molecular flexibility index (Phi) is 4.40. The first-order valence-electron chi connectivity index (χ1n) is 8.14. The number of aliphatic imine (C=N–C) groups is 1. The topological polar surface area (TPSA) is 79.9 Å². The van der Waals surface area contributed by atoms with Crippen molar-refractivity contribution in [3.05, 3.63) is 105 Å². The first-order valence-corrected chi connectivity index (χ1v) is 8.52. The van der Waals surface area contributed by atoms with Crippen LogP contribution in [0.4, 0.5) is 11.4 Å². The number of fused-ring (bicyclic) bond motifs is 1. The molecule has 3 aromatic rings. The molecule has 1 aliphatic heterocycles. The lowest BCUT2D eigenvalue weighted by molar-refractivity contribution is -0.384. The fourth-order valence-electron chi connectivity index (χ4n) is 2.78. The molecular weight excluding hydrogens is 364 g/mol. The maximum Gasteiger partial charge on any atom is 0.269 e. The summed E-state index contributed by atoms with van der Waals surface area (Å²) >= 11 is 5.97. The van der Waals surface area contributed by atoms with Crippen molar-refractivity contribution >= 4 is 34.5 Å². The molecule has 0 amide bonds.